The Morgan fingerprint density at radius 2 is 2.11 bits per heavy atom. The van der Waals surface area contributed by atoms with Crippen molar-refractivity contribution < 1.29 is 19.1 Å². The predicted molar refractivity (Wildman–Crippen MR) is 65.7 cm³/mol. The highest BCUT2D eigenvalue weighted by atomic mass is 16.4. The van der Waals surface area contributed by atoms with Gasteiger partial charge >= 0.3 is 5.97 Å². The summed E-state index contributed by atoms with van der Waals surface area (Å²) >= 11 is 0. The van der Waals surface area contributed by atoms with Crippen LogP contribution in [-0.2, 0) is 6.54 Å². The molecule has 0 aliphatic carbocycles. The van der Waals surface area contributed by atoms with Gasteiger partial charge in [0.15, 0.2) is 0 Å². The number of aromatic nitrogens is 1. The number of anilines is 1. The molecule has 2 aromatic rings. The summed E-state index contributed by atoms with van der Waals surface area (Å²) in [5.74, 6) is -0.781. The Morgan fingerprint density at radius 3 is 2.63 bits per heavy atom. The Kier molecular flexibility index (Phi) is 3.46. The molecule has 2 aromatic heterocycles. The van der Waals surface area contributed by atoms with Crippen LogP contribution in [0.15, 0.2) is 34.9 Å². The first-order chi connectivity index (χ1) is 9.06. The minimum atomic E-state index is -1.12. The molecule has 1 amide bonds. The van der Waals surface area contributed by atoms with E-state index in [0.717, 1.165) is 0 Å². The zero-order valence-corrected chi connectivity index (χ0v) is 9.79. The fourth-order valence-electron chi connectivity index (χ4n) is 1.41. The number of rotatable bonds is 5. The Morgan fingerprint density at radius 1 is 1.32 bits per heavy atom. The molecular weight excluding hydrogens is 250 g/mol. The highest BCUT2D eigenvalue weighted by Gasteiger charge is 2.08. The number of hydrogen-bond acceptors (Lipinski definition) is 5. The minimum absolute atomic E-state index is 0.117. The standard InChI is InChI=1S/C12H11N3O4/c13-11(16)7-1-4-10(14-5-7)15-6-8-2-3-9(19-8)12(17)18/h1-5H,6H2,(H2,13,16)(H,14,15)(H,17,18). The van der Waals surface area contributed by atoms with Crippen LogP contribution in [0.1, 0.15) is 26.7 Å². The van der Waals surface area contributed by atoms with Gasteiger partial charge in [0, 0.05) is 6.20 Å². The van der Waals surface area contributed by atoms with Crippen molar-refractivity contribution in [1.82, 2.24) is 4.98 Å². The van der Waals surface area contributed by atoms with E-state index in [-0.39, 0.29) is 12.3 Å². The van der Waals surface area contributed by atoms with Crippen molar-refractivity contribution in [3.05, 3.63) is 47.5 Å². The highest BCUT2D eigenvalue weighted by Crippen LogP contribution is 2.11. The van der Waals surface area contributed by atoms with Gasteiger partial charge in [-0.25, -0.2) is 9.78 Å². The van der Waals surface area contributed by atoms with E-state index >= 15 is 0 Å². The molecule has 0 unspecified atom stereocenters. The molecule has 0 aliphatic heterocycles. The molecular formula is C12H11N3O4. The first-order valence-corrected chi connectivity index (χ1v) is 5.38. The van der Waals surface area contributed by atoms with Crippen molar-refractivity contribution in [3.63, 3.8) is 0 Å². The summed E-state index contributed by atoms with van der Waals surface area (Å²) < 4.78 is 5.06. The summed E-state index contributed by atoms with van der Waals surface area (Å²) in [6.45, 7) is 0.288. The molecule has 0 spiro atoms. The summed E-state index contributed by atoms with van der Waals surface area (Å²) in [5.41, 5.74) is 5.41. The van der Waals surface area contributed by atoms with Gasteiger partial charge in [-0.1, -0.05) is 0 Å². The first-order valence-electron chi connectivity index (χ1n) is 5.38. The van der Waals surface area contributed by atoms with Gasteiger partial charge in [-0.05, 0) is 24.3 Å². The lowest BCUT2D eigenvalue weighted by Crippen LogP contribution is -2.11. The first kappa shape index (κ1) is 12.6. The topological polar surface area (TPSA) is 118 Å². The second-order valence-electron chi connectivity index (χ2n) is 3.72. The van der Waals surface area contributed by atoms with Gasteiger partial charge in [-0.15, -0.1) is 0 Å². The average Bonchev–Trinajstić information content (AvgIpc) is 2.86. The third kappa shape index (κ3) is 3.09. The second-order valence-corrected chi connectivity index (χ2v) is 3.72. The Labute approximate surface area is 108 Å². The molecule has 7 heteroatoms. The normalized spacial score (nSPS) is 10.1. The number of carboxylic acid groups (broad SMARTS) is 1. The van der Waals surface area contributed by atoms with Crippen LogP contribution in [0.2, 0.25) is 0 Å². The Hall–Kier alpha value is -2.83. The third-order valence-electron chi connectivity index (χ3n) is 2.36. The number of nitrogens with one attached hydrogen (secondary N) is 1. The summed E-state index contributed by atoms with van der Waals surface area (Å²) in [4.78, 5) is 25.5. The lowest BCUT2D eigenvalue weighted by atomic mass is 10.3. The molecule has 98 valence electrons. The zero-order valence-electron chi connectivity index (χ0n) is 9.79. The number of pyridine rings is 1. The van der Waals surface area contributed by atoms with Crippen LogP contribution in [0, 0.1) is 0 Å². The molecule has 4 N–H and O–H groups in total. The number of amides is 1. The van der Waals surface area contributed by atoms with Crippen LogP contribution in [0.3, 0.4) is 0 Å². The van der Waals surface area contributed by atoms with Gasteiger partial charge in [0.2, 0.25) is 11.7 Å². The molecule has 0 aromatic carbocycles. The molecule has 2 heterocycles. The van der Waals surface area contributed by atoms with Gasteiger partial charge in [0.25, 0.3) is 0 Å². The van der Waals surface area contributed by atoms with Gasteiger partial charge in [-0.2, -0.15) is 0 Å². The van der Waals surface area contributed by atoms with Crippen LogP contribution in [0.25, 0.3) is 0 Å². The third-order valence-corrected chi connectivity index (χ3v) is 2.36. The van der Waals surface area contributed by atoms with Crippen molar-refractivity contribution in [3.8, 4) is 0 Å². The van der Waals surface area contributed by atoms with Crippen LogP contribution < -0.4 is 11.1 Å². The lowest BCUT2D eigenvalue weighted by molar-refractivity contribution is 0.0660. The van der Waals surface area contributed by atoms with E-state index in [9.17, 15) is 9.59 Å². The van der Waals surface area contributed by atoms with Crippen LogP contribution in [0.4, 0.5) is 5.82 Å². The molecule has 2 rings (SSSR count). The molecule has 0 aliphatic rings. The smallest absolute Gasteiger partial charge is 0.371 e. The summed E-state index contributed by atoms with van der Waals surface area (Å²) in [6.07, 6.45) is 1.36. The van der Waals surface area contributed by atoms with E-state index in [2.05, 4.69) is 10.3 Å². The molecule has 19 heavy (non-hydrogen) atoms. The SMILES string of the molecule is NC(=O)c1ccc(NCc2ccc(C(=O)O)o2)nc1. The molecule has 0 atom stereocenters. The van der Waals surface area contributed by atoms with Crippen molar-refractivity contribution in [2.75, 3.05) is 5.32 Å². The number of hydrogen-bond donors (Lipinski definition) is 3. The number of nitrogens with zero attached hydrogens (tertiary/aromatic N) is 1. The number of furan rings is 1. The fraction of sp³-hybridized carbons (Fsp3) is 0.0833. The number of carboxylic acids is 1. The van der Waals surface area contributed by atoms with Crippen LogP contribution in [-0.4, -0.2) is 22.0 Å². The van der Waals surface area contributed by atoms with E-state index in [4.69, 9.17) is 15.3 Å². The maximum absolute atomic E-state index is 10.8. The van der Waals surface area contributed by atoms with Gasteiger partial charge in [0.1, 0.15) is 11.6 Å². The molecule has 7 nitrogen and oxygen atoms in total. The van der Waals surface area contributed by atoms with Crippen molar-refractivity contribution in [2.45, 2.75) is 6.54 Å². The maximum Gasteiger partial charge on any atom is 0.371 e. The Bertz CT molecular complexity index is 604. The highest BCUT2D eigenvalue weighted by molar-refractivity contribution is 5.92. The van der Waals surface area contributed by atoms with Crippen molar-refractivity contribution in [1.29, 1.82) is 0 Å². The summed E-state index contributed by atoms with van der Waals surface area (Å²) in [7, 11) is 0. The number of carbonyl (C=O) groups excluding carboxylic acids is 1. The van der Waals surface area contributed by atoms with Crippen LogP contribution in [0.5, 0.6) is 0 Å². The number of carbonyl (C=O) groups is 2. The number of aromatic carboxylic acids is 1. The largest absolute Gasteiger partial charge is 0.475 e. The quantitative estimate of drug-likeness (QED) is 0.741. The van der Waals surface area contributed by atoms with E-state index < -0.39 is 11.9 Å². The predicted octanol–water partition coefficient (Wildman–Crippen LogP) is 1.08. The lowest BCUT2D eigenvalue weighted by Gasteiger charge is -2.03. The molecule has 0 saturated heterocycles. The van der Waals surface area contributed by atoms with Gasteiger partial charge in [-0.3, -0.25) is 4.79 Å². The van der Waals surface area contributed by atoms with E-state index in [0.29, 0.717) is 17.1 Å². The summed E-state index contributed by atoms with van der Waals surface area (Å²) in [5, 5.41) is 11.6. The maximum atomic E-state index is 10.8. The summed E-state index contributed by atoms with van der Waals surface area (Å²) in [6, 6.07) is 6.08. The van der Waals surface area contributed by atoms with Gasteiger partial charge in [0.05, 0.1) is 12.1 Å². The Balaban J connectivity index is 1.97. The second kappa shape index (κ2) is 5.21. The molecule has 0 radical (unpaired) electrons. The number of nitrogens with two attached hydrogens (primary N) is 1. The number of primary amides is 1. The monoisotopic (exact) mass is 261 g/mol. The van der Waals surface area contributed by atoms with Gasteiger partial charge < -0.3 is 20.6 Å². The average molecular weight is 261 g/mol. The zero-order chi connectivity index (χ0) is 13.8. The molecule has 0 fully saturated rings. The van der Waals surface area contributed by atoms with Crippen molar-refractivity contribution >= 4 is 17.7 Å². The van der Waals surface area contributed by atoms with E-state index in [1.165, 1.54) is 12.3 Å². The van der Waals surface area contributed by atoms with E-state index in [1.807, 2.05) is 0 Å². The molecule has 0 saturated carbocycles. The van der Waals surface area contributed by atoms with Crippen LogP contribution >= 0.6 is 0 Å². The molecule has 0 bridgehead atoms. The van der Waals surface area contributed by atoms with Crippen molar-refractivity contribution in [2.24, 2.45) is 5.73 Å². The van der Waals surface area contributed by atoms with E-state index in [1.54, 1.807) is 18.2 Å². The minimum Gasteiger partial charge on any atom is -0.475 e. The fourth-order valence-corrected chi connectivity index (χ4v) is 1.41.